The number of carbonyl (C=O) groups is 1. The fourth-order valence-corrected chi connectivity index (χ4v) is 1.19. The summed E-state index contributed by atoms with van der Waals surface area (Å²) >= 11 is 0. The Kier molecular flexibility index (Phi) is 8.57. The van der Waals surface area contributed by atoms with Gasteiger partial charge in [-0.3, -0.25) is 4.79 Å². The number of esters is 1. The number of unbranched alkanes of at least 4 members (excludes halogenated alkanes) is 2. The van der Waals surface area contributed by atoms with Crippen molar-refractivity contribution in [2.45, 2.75) is 38.4 Å². The highest BCUT2D eigenvalue weighted by molar-refractivity contribution is 5.68. The number of ether oxygens (including phenoxy) is 3. The monoisotopic (exact) mass is 204 g/mol. The van der Waals surface area contributed by atoms with E-state index in [0.29, 0.717) is 6.42 Å². The van der Waals surface area contributed by atoms with E-state index in [0.717, 1.165) is 25.7 Å². The second-order valence-electron chi connectivity index (χ2n) is 3.08. The van der Waals surface area contributed by atoms with Gasteiger partial charge in [0.15, 0.2) is 6.29 Å². The van der Waals surface area contributed by atoms with Crippen LogP contribution in [0.25, 0.3) is 0 Å². The first-order chi connectivity index (χ1) is 6.74. The molecule has 0 aromatic heterocycles. The summed E-state index contributed by atoms with van der Waals surface area (Å²) in [5, 5.41) is 0. The highest BCUT2D eigenvalue weighted by Gasteiger charge is 2.04. The molecule has 0 aliphatic rings. The molecule has 0 N–H and O–H groups in total. The van der Waals surface area contributed by atoms with Crippen LogP contribution < -0.4 is 0 Å². The molecule has 0 atom stereocenters. The van der Waals surface area contributed by atoms with Crippen molar-refractivity contribution in [3.63, 3.8) is 0 Å². The Morgan fingerprint density at radius 2 is 1.71 bits per heavy atom. The standard InChI is InChI=1S/C10H20O4/c1-12-9(11)7-5-4-6-8-10(13-2)14-3/h10H,4-8H2,1-3H3. The van der Waals surface area contributed by atoms with E-state index in [1.807, 2.05) is 0 Å². The lowest BCUT2D eigenvalue weighted by atomic mass is 10.1. The predicted molar refractivity (Wildman–Crippen MR) is 52.9 cm³/mol. The van der Waals surface area contributed by atoms with Crippen molar-refractivity contribution in [3.05, 3.63) is 0 Å². The molecule has 0 aliphatic heterocycles. The Labute approximate surface area is 85.5 Å². The Hall–Kier alpha value is -0.610. The quantitative estimate of drug-likeness (QED) is 0.343. The van der Waals surface area contributed by atoms with E-state index in [4.69, 9.17) is 9.47 Å². The Balaban J connectivity index is 3.24. The maximum Gasteiger partial charge on any atom is 0.305 e. The van der Waals surface area contributed by atoms with E-state index < -0.39 is 0 Å². The molecular weight excluding hydrogens is 184 g/mol. The van der Waals surface area contributed by atoms with Crippen LogP contribution in [0.15, 0.2) is 0 Å². The third kappa shape index (κ3) is 6.86. The van der Waals surface area contributed by atoms with Crippen LogP contribution in [0.5, 0.6) is 0 Å². The Morgan fingerprint density at radius 1 is 1.07 bits per heavy atom. The first-order valence-electron chi connectivity index (χ1n) is 4.87. The number of rotatable bonds is 8. The molecule has 4 nitrogen and oxygen atoms in total. The minimum Gasteiger partial charge on any atom is -0.469 e. The molecule has 0 spiro atoms. The minimum absolute atomic E-state index is 0.117. The van der Waals surface area contributed by atoms with Crippen LogP contribution in [-0.2, 0) is 19.0 Å². The van der Waals surface area contributed by atoms with Gasteiger partial charge in [0.05, 0.1) is 7.11 Å². The first-order valence-corrected chi connectivity index (χ1v) is 4.87. The second kappa shape index (κ2) is 8.97. The Morgan fingerprint density at radius 3 is 2.21 bits per heavy atom. The van der Waals surface area contributed by atoms with E-state index in [9.17, 15) is 4.79 Å². The van der Waals surface area contributed by atoms with Crippen molar-refractivity contribution in [1.82, 2.24) is 0 Å². The molecule has 0 bridgehead atoms. The maximum absolute atomic E-state index is 10.7. The van der Waals surface area contributed by atoms with Crippen LogP contribution in [0, 0.1) is 0 Å². The molecule has 84 valence electrons. The van der Waals surface area contributed by atoms with Crippen LogP contribution in [0.3, 0.4) is 0 Å². The number of carbonyl (C=O) groups excluding carboxylic acids is 1. The fourth-order valence-electron chi connectivity index (χ4n) is 1.19. The van der Waals surface area contributed by atoms with E-state index in [1.165, 1.54) is 7.11 Å². The topological polar surface area (TPSA) is 44.8 Å². The average molecular weight is 204 g/mol. The maximum atomic E-state index is 10.7. The van der Waals surface area contributed by atoms with E-state index in [-0.39, 0.29) is 12.3 Å². The van der Waals surface area contributed by atoms with Gasteiger partial charge in [-0.1, -0.05) is 6.42 Å². The molecule has 0 radical (unpaired) electrons. The summed E-state index contributed by atoms with van der Waals surface area (Å²) in [5.74, 6) is -0.139. The van der Waals surface area contributed by atoms with Gasteiger partial charge < -0.3 is 14.2 Å². The van der Waals surface area contributed by atoms with Gasteiger partial charge in [0.25, 0.3) is 0 Å². The lowest BCUT2D eigenvalue weighted by molar-refractivity contribution is -0.140. The minimum atomic E-state index is -0.139. The average Bonchev–Trinajstić information content (AvgIpc) is 2.23. The molecule has 0 aromatic rings. The summed E-state index contributed by atoms with van der Waals surface area (Å²) in [6, 6.07) is 0. The van der Waals surface area contributed by atoms with Gasteiger partial charge in [-0.25, -0.2) is 0 Å². The molecule has 0 aliphatic carbocycles. The van der Waals surface area contributed by atoms with Gasteiger partial charge >= 0.3 is 5.97 Å². The number of hydrogen-bond donors (Lipinski definition) is 0. The molecule has 0 heterocycles. The largest absolute Gasteiger partial charge is 0.469 e. The highest BCUT2D eigenvalue weighted by Crippen LogP contribution is 2.08. The fraction of sp³-hybridized carbons (Fsp3) is 0.900. The van der Waals surface area contributed by atoms with Crippen LogP contribution in [0.4, 0.5) is 0 Å². The van der Waals surface area contributed by atoms with Gasteiger partial charge in [0.2, 0.25) is 0 Å². The van der Waals surface area contributed by atoms with Crippen LogP contribution >= 0.6 is 0 Å². The lowest BCUT2D eigenvalue weighted by Gasteiger charge is -2.12. The predicted octanol–water partition coefficient (Wildman–Crippen LogP) is 1.73. The lowest BCUT2D eigenvalue weighted by Crippen LogP contribution is -2.12. The second-order valence-corrected chi connectivity index (χ2v) is 3.08. The van der Waals surface area contributed by atoms with Gasteiger partial charge in [-0.05, 0) is 19.3 Å². The van der Waals surface area contributed by atoms with Crippen molar-refractivity contribution in [3.8, 4) is 0 Å². The zero-order chi connectivity index (χ0) is 10.8. The SMILES string of the molecule is COC(=O)CCCCCC(OC)OC. The van der Waals surface area contributed by atoms with Crippen molar-refractivity contribution < 1.29 is 19.0 Å². The summed E-state index contributed by atoms with van der Waals surface area (Å²) in [5.41, 5.74) is 0. The summed E-state index contributed by atoms with van der Waals surface area (Å²) < 4.78 is 14.6. The van der Waals surface area contributed by atoms with Crippen molar-refractivity contribution in [2.75, 3.05) is 21.3 Å². The third-order valence-corrected chi connectivity index (χ3v) is 2.07. The van der Waals surface area contributed by atoms with Gasteiger partial charge in [0.1, 0.15) is 0 Å². The molecule has 0 unspecified atom stereocenters. The third-order valence-electron chi connectivity index (χ3n) is 2.07. The van der Waals surface area contributed by atoms with E-state index >= 15 is 0 Å². The molecule has 0 saturated heterocycles. The molecule has 14 heavy (non-hydrogen) atoms. The molecule has 4 heteroatoms. The molecule has 0 amide bonds. The van der Waals surface area contributed by atoms with Crippen LogP contribution in [-0.4, -0.2) is 33.6 Å². The van der Waals surface area contributed by atoms with Crippen LogP contribution in [0.1, 0.15) is 32.1 Å². The van der Waals surface area contributed by atoms with Crippen molar-refractivity contribution >= 4 is 5.97 Å². The summed E-state index contributed by atoms with van der Waals surface area (Å²) in [7, 11) is 4.67. The smallest absolute Gasteiger partial charge is 0.305 e. The van der Waals surface area contributed by atoms with E-state index in [2.05, 4.69) is 4.74 Å². The van der Waals surface area contributed by atoms with Crippen LogP contribution in [0.2, 0.25) is 0 Å². The molecule has 0 saturated carbocycles. The Bertz CT molecular complexity index is 143. The van der Waals surface area contributed by atoms with Gasteiger partial charge in [-0.2, -0.15) is 0 Å². The molecule has 0 fully saturated rings. The number of hydrogen-bond acceptors (Lipinski definition) is 4. The zero-order valence-corrected chi connectivity index (χ0v) is 9.25. The van der Waals surface area contributed by atoms with Gasteiger partial charge in [-0.15, -0.1) is 0 Å². The van der Waals surface area contributed by atoms with E-state index in [1.54, 1.807) is 14.2 Å². The molecular formula is C10H20O4. The normalized spacial score (nSPS) is 10.6. The molecule has 0 rings (SSSR count). The zero-order valence-electron chi connectivity index (χ0n) is 9.25. The summed E-state index contributed by atoms with van der Waals surface area (Å²) in [6.45, 7) is 0. The van der Waals surface area contributed by atoms with Crippen molar-refractivity contribution in [2.24, 2.45) is 0 Å². The van der Waals surface area contributed by atoms with Gasteiger partial charge in [0, 0.05) is 20.6 Å². The van der Waals surface area contributed by atoms with Crippen molar-refractivity contribution in [1.29, 1.82) is 0 Å². The summed E-state index contributed by atoms with van der Waals surface area (Å²) in [6.07, 6.45) is 4.12. The highest BCUT2D eigenvalue weighted by atomic mass is 16.7. The summed E-state index contributed by atoms with van der Waals surface area (Å²) in [4.78, 5) is 10.7. The first kappa shape index (κ1) is 13.4. The molecule has 0 aromatic carbocycles. The number of methoxy groups -OCH3 is 3.